The number of halogens is 1. The maximum atomic E-state index is 13.3. The number of hydrogen-bond donors (Lipinski definition) is 1. The van der Waals surface area contributed by atoms with Crippen LogP contribution in [0.5, 0.6) is 0 Å². The van der Waals surface area contributed by atoms with E-state index < -0.39 is 0 Å². The molecular weight excluding hydrogens is 383 g/mol. The highest BCUT2D eigenvalue weighted by Crippen LogP contribution is 2.33. The fourth-order valence-electron chi connectivity index (χ4n) is 4.06. The van der Waals surface area contributed by atoms with E-state index in [1.165, 1.54) is 12.1 Å². The van der Waals surface area contributed by atoms with Crippen LogP contribution in [-0.4, -0.2) is 32.5 Å². The molecule has 5 rings (SSSR count). The number of hydrogen-bond acceptors (Lipinski definition) is 4. The average molecular weight is 404 g/mol. The summed E-state index contributed by atoms with van der Waals surface area (Å²) in [4.78, 5) is 19.6. The predicted molar refractivity (Wildman–Crippen MR) is 109 cm³/mol. The number of rotatable bonds is 4. The van der Waals surface area contributed by atoms with E-state index in [1.807, 2.05) is 29.2 Å². The Hall–Kier alpha value is -3.48. The van der Waals surface area contributed by atoms with Gasteiger partial charge in [-0.15, -0.1) is 0 Å². The molecular formula is C23H21FN4O2. The first-order valence-electron chi connectivity index (χ1n) is 10.1. The minimum Gasteiger partial charge on any atom is -0.443 e. The second kappa shape index (κ2) is 7.74. The Morgan fingerprint density at radius 2 is 2.00 bits per heavy atom. The first-order chi connectivity index (χ1) is 14.7. The van der Waals surface area contributed by atoms with Crippen molar-refractivity contribution in [2.75, 3.05) is 6.54 Å². The molecule has 1 aliphatic rings. The summed E-state index contributed by atoms with van der Waals surface area (Å²) in [7, 11) is 0. The third-order valence-electron chi connectivity index (χ3n) is 5.58. The van der Waals surface area contributed by atoms with Gasteiger partial charge in [-0.3, -0.25) is 9.89 Å². The van der Waals surface area contributed by atoms with Crippen molar-refractivity contribution in [3.05, 3.63) is 83.5 Å². The van der Waals surface area contributed by atoms with E-state index >= 15 is 0 Å². The second-order valence-electron chi connectivity index (χ2n) is 7.60. The number of H-pyrrole nitrogens is 1. The topological polar surface area (TPSA) is 75.0 Å². The summed E-state index contributed by atoms with van der Waals surface area (Å²) in [6.07, 6.45) is 4.96. The fourth-order valence-corrected chi connectivity index (χ4v) is 4.06. The van der Waals surface area contributed by atoms with Crippen molar-refractivity contribution in [1.29, 1.82) is 0 Å². The molecule has 1 amide bonds. The van der Waals surface area contributed by atoms with Gasteiger partial charge in [-0.25, -0.2) is 9.37 Å². The van der Waals surface area contributed by atoms with E-state index in [4.69, 9.17) is 4.42 Å². The summed E-state index contributed by atoms with van der Waals surface area (Å²) in [5.41, 5.74) is 2.21. The molecule has 0 unspecified atom stereocenters. The Labute approximate surface area is 172 Å². The largest absolute Gasteiger partial charge is 0.443 e. The van der Waals surface area contributed by atoms with Crippen molar-refractivity contribution in [2.24, 2.45) is 0 Å². The zero-order valence-electron chi connectivity index (χ0n) is 16.3. The molecule has 1 fully saturated rings. The van der Waals surface area contributed by atoms with Gasteiger partial charge in [0.2, 0.25) is 5.89 Å². The number of likely N-dealkylation sites (tertiary alicyclic amines) is 1. The number of aromatic amines is 1. The highest BCUT2D eigenvalue weighted by Gasteiger charge is 2.33. The van der Waals surface area contributed by atoms with Crippen LogP contribution in [0.15, 0.2) is 59.1 Å². The van der Waals surface area contributed by atoms with Crippen LogP contribution in [0.1, 0.15) is 53.0 Å². The van der Waals surface area contributed by atoms with Gasteiger partial charge >= 0.3 is 0 Å². The van der Waals surface area contributed by atoms with Crippen molar-refractivity contribution >= 4 is 16.8 Å². The molecule has 152 valence electrons. The van der Waals surface area contributed by atoms with Gasteiger partial charge in [0.15, 0.2) is 5.69 Å². The third kappa shape index (κ3) is 3.47. The Bertz CT molecular complexity index is 1180. The minimum absolute atomic E-state index is 0.115. The number of benzene rings is 2. The lowest BCUT2D eigenvalue weighted by Gasteiger charge is -2.33. The zero-order chi connectivity index (χ0) is 20.5. The number of carbonyl (C=O) groups is 1. The summed E-state index contributed by atoms with van der Waals surface area (Å²) >= 11 is 0. The van der Waals surface area contributed by atoms with Crippen LogP contribution in [0.3, 0.4) is 0 Å². The molecule has 1 N–H and O–H groups in total. The molecule has 0 aliphatic carbocycles. The van der Waals surface area contributed by atoms with Crippen LogP contribution < -0.4 is 0 Å². The van der Waals surface area contributed by atoms with E-state index in [0.717, 1.165) is 35.7 Å². The summed E-state index contributed by atoms with van der Waals surface area (Å²) in [6.45, 7) is 0.639. The Balaban J connectivity index is 1.39. The van der Waals surface area contributed by atoms with E-state index in [0.29, 0.717) is 30.3 Å². The van der Waals surface area contributed by atoms with Crippen LogP contribution in [0, 0.1) is 5.82 Å². The maximum Gasteiger partial charge on any atom is 0.275 e. The van der Waals surface area contributed by atoms with Crippen LogP contribution in [0.2, 0.25) is 0 Å². The van der Waals surface area contributed by atoms with Crippen molar-refractivity contribution in [3.8, 4) is 0 Å². The van der Waals surface area contributed by atoms with Gasteiger partial charge in [0, 0.05) is 18.4 Å². The van der Waals surface area contributed by atoms with Crippen LogP contribution in [0.25, 0.3) is 10.9 Å². The number of para-hydroxylation sites is 1. The number of carbonyl (C=O) groups excluding carboxylic acids is 1. The third-order valence-corrected chi connectivity index (χ3v) is 5.58. The summed E-state index contributed by atoms with van der Waals surface area (Å²) < 4.78 is 19.1. The molecule has 2 aromatic heterocycles. The van der Waals surface area contributed by atoms with Gasteiger partial charge in [-0.05, 0) is 43.0 Å². The van der Waals surface area contributed by atoms with Gasteiger partial charge in [-0.2, -0.15) is 5.10 Å². The molecule has 0 bridgehead atoms. The number of nitrogens with zero attached hydrogens (tertiary/aromatic N) is 3. The van der Waals surface area contributed by atoms with E-state index in [1.54, 1.807) is 18.3 Å². The Morgan fingerprint density at radius 1 is 1.17 bits per heavy atom. The molecule has 30 heavy (non-hydrogen) atoms. The lowest BCUT2D eigenvalue weighted by molar-refractivity contribution is 0.0566. The molecule has 0 spiro atoms. The van der Waals surface area contributed by atoms with Gasteiger partial charge in [0.1, 0.15) is 17.6 Å². The standard InChI is InChI=1S/C23H21FN4O2/c24-16-10-8-15(9-11-16)13-17-14-25-22(30-17)20-7-3-4-12-28(20)23(29)21-18-5-1-2-6-19(18)26-27-21/h1-2,5-6,8-11,14,20H,3-4,7,12-13H2,(H,26,27)/t20-/m1/s1. The Morgan fingerprint density at radius 3 is 2.87 bits per heavy atom. The zero-order valence-corrected chi connectivity index (χ0v) is 16.3. The summed E-state index contributed by atoms with van der Waals surface area (Å²) in [5.74, 6) is 0.856. The number of nitrogens with one attached hydrogen (secondary N) is 1. The van der Waals surface area contributed by atoms with Crippen molar-refractivity contribution in [1.82, 2.24) is 20.1 Å². The molecule has 0 radical (unpaired) electrons. The first-order valence-corrected chi connectivity index (χ1v) is 10.1. The quantitative estimate of drug-likeness (QED) is 0.537. The number of amides is 1. The normalized spacial score (nSPS) is 16.8. The number of aromatic nitrogens is 3. The molecule has 0 saturated carbocycles. The molecule has 1 saturated heterocycles. The smallest absolute Gasteiger partial charge is 0.275 e. The lowest BCUT2D eigenvalue weighted by atomic mass is 10.0. The van der Waals surface area contributed by atoms with Crippen molar-refractivity contribution in [2.45, 2.75) is 31.7 Å². The molecule has 7 heteroatoms. The average Bonchev–Trinajstić information content (AvgIpc) is 3.42. The van der Waals surface area contributed by atoms with Gasteiger partial charge in [-0.1, -0.05) is 30.3 Å². The maximum absolute atomic E-state index is 13.3. The number of oxazole rings is 1. The van der Waals surface area contributed by atoms with Gasteiger partial charge < -0.3 is 9.32 Å². The molecule has 6 nitrogen and oxygen atoms in total. The highest BCUT2D eigenvalue weighted by atomic mass is 19.1. The van der Waals surface area contributed by atoms with Gasteiger partial charge in [0.05, 0.1) is 11.7 Å². The molecule has 3 heterocycles. The Kier molecular flexibility index (Phi) is 4.78. The predicted octanol–water partition coefficient (Wildman–Crippen LogP) is 4.65. The fraction of sp³-hybridized carbons (Fsp3) is 0.261. The highest BCUT2D eigenvalue weighted by molar-refractivity contribution is 6.04. The minimum atomic E-state index is -0.265. The van der Waals surface area contributed by atoms with Crippen molar-refractivity contribution < 1.29 is 13.6 Å². The van der Waals surface area contributed by atoms with E-state index in [9.17, 15) is 9.18 Å². The lowest BCUT2D eigenvalue weighted by Crippen LogP contribution is -2.39. The van der Waals surface area contributed by atoms with Crippen molar-refractivity contribution in [3.63, 3.8) is 0 Å². The summed E-state index contributed by atoms with van der Waals surface area (Å²) in [5, 5.41) is 8.02. The molecule has 1 aliphatic heterocycles. The SMILES string of the molecule is O=C(c1n[nH]c2ccccc12)N1CCCC[C@@H]1c1ncc(Cc2ccc(F)cc2)o1. The molecule has 4 aromatic rings. The monoisotopic (exact) mass is 404 g/mol. The van der Waals surface area contributed by atoms with Gasteiger partial charge in [0.25, 0.3) is 5.91 Å². The summed E-state index contributed by atoms with van der Waals surface area (Å²) in [6, 6.07) is 13.7. The van der Waals surface area contributed by atoms with Crippen LogP contribution in [-0.2, 0) is 6.42 Å². The number of fused-ring (bicyclic) bond motifs is 1. The van der Waals surface area contributed by atoms with E-state index in [2.05, 4.69) is 15.2 Å². The van der Waals surface area contributed by atoms with E-state index in [-0.39, 0.29) is 17.8 Å². The number of piperidine rings is 1. The second-order valence-corrected chi connectivity index (χ2v) is 7.60. The molecule has 2 aromatic carbocycles. The van der Waals surface area contributed by atoms with Crippen LogP contribution in [0.4, 0.5) is 4.39 Å². The first kappa shape index (κ1) is 18.5. The van der Waals surface area contributed by atoms with Crippen LogP contribution >= 0.6 is 0 Å². The molecule has 1 atom stereocenters.